The van der Waals surface area contributed by atoms with Gasteiger partial charge in [-0.15, -0.1) is 0 Å². The number of anilines is 1. The molecule has 0 aliphatic carbocycles. The standard InChI is InChI=1S/C10H10ClN5/c1-7-14-9(11)5-10(15-7)12-6-8-3-2-4-13-16-8/h2-5H,6H2,1H3,(H,12,14,15). The second-order valence-corrected chi connectivity index (χ2v) is 3.58. The molecule has 5 nitrogen and oxygen atoms in total. The first kappa shape index (κ1) is 10.8. The van der Waals surface area contributed by atoms with E-state index in [9.17, 15) is 0 Å². The quantitative estimate of drug-likeness (QED) is 0.823. The minimum Gasteiger partial charge on any atom is -0.364 e. The highest BCUT2D eigenvalue weighted by atomic mass is 35.5. The molecule has 0 unspecified atom stereocenters. The summed E-state index contributed by atoms with van der Waals surface area (Å²) in [5.74, 6) is 1.32. The molecule has 0 saturated heterocycles. The van der Waals surface area contributed by atoms with Crippen LogP contribution in [-0.2, 0) is 6.54 Å². The first-order valence-electron chi connectivity index (χ1n) is 4.76. The summed E-state index contributed by atoms with van der Waals surface area (Å²) in [7, 11) is 0. The van der Waals surface area contributed by atoms with Crippen molar-refractivity contribution in [2.24, 2.45) is 0 Å². The first-order chi connectivity index (χ1) is 7.74. The monoisotopic (exact) mass is 235 g/mol. The van der Waals surface area contributed by atoms with Gasteiger partial charge < -0.3 is 5.32 Å². The van der Waals surface area contributed by atoms with Gasteiger partial charge in [0.05, 0.1) is 12.2 Å². The molecule has 0 amide bonds. The summed E-state index contributed by atoms with van der Waals surface area (Å²) >= 11 is 5.81. The molecule has 0 saturated carbocycles. The van der Waals surface area contributed by atoms with Crippen molar-refractivity contribution in [1.29, 1.82) is 0 Å². The lowest BCUT2D eigenvalue weighted by Gasteiger charge is -2.05. The van der Waals surface area contributed by atoms with E-state index in [2.05, 4.69) is 25.5 Å². The van der Waals surface area contributed by atoms with E-state index in [1.54, 1.807) is 19.2 Å². The van der Waals surface area contributed by atoms with Gasteiger partial charge in [-0.2, -0.15) is 10.2 Å². The van der Waals surface area contributed by atoms with E-state index in [4.69, 9.17) is 11.6 Å². The Hall–Kier alpha value is -1.75. The van der Waals surface area contributed by atoms with Crippen LogP contribution >= 0.6 is 11.6 Å². The molecule has 0 spiro atoms. The highest BCUT2D eigenvalue weighted by molar-refractivity contribution is 6.29. The highest BCUT2D eigenvalue weighted by Crippen LogP contribution is 2.11. The van der Waals surface area contributed by atoms with Crippen molar-refractivity contribution in [2.75, 3.05) is 5.32 Å². The molecule has 6 heteroatoms. The van der Waals surface area contributed by atoms with Crippen molar-refractivity contribution in [1.82, 2.24) is 20.2 Å². The Morgan fingerprint density at radius 3 is 2.94 bits per heavy atom. The average Bonchev–Trinajstić information content (AvgIpc) is 2.27. The summed E-state index contributed by atoms with van der Waals surface area (Å²) in [6.45, 7) is 2.35. The molecule has 0 aliphatic rings. The third-order valence-corrected chi connectivity index (χ3v) is 2.08. The summed E-state index contributed by atoms with van der Waals surface area (Å²) < 4.78 is 0. The summed E-state index contributed by atoms with van der Waals surface area (Å²) in [5, 5.41) is 11.3. The Kier molecular flexibility index (Phi) is 3.26. The zero-order chi connectivity index (χ0) is 11.4. The molecule has 1 N–H and O–H groups in total. The number of hydrogen-bond donors (Lipinski definition) is 1. The van der Waals surface area contributed by atoms with Crippen LogP contribution in [0.2, 0.25) is 5.15 Å². The molecule has 16 heavy (non-hydrogen) atoms. The second kappa shape index (κ2) is 4.85. The largest absolute Gasteiger partial charge is 0.364 e. The van der Waals surface area contributed by atoms with Crippen LogP contribution in [-0.4, -0.2) is 20.2 Å². The van der Waals surface area contributed by atoms with Gasteiger partial charge in [0.1, 0.15) is 16.8 Å². The normalized spacial score (nSPS) is 10.1. The van der Waals surface area contributed by atoms with Crippen LogP contribution in [0.1, 0.15) is 11.5 Å². The minimum absolute atomic E-state index is 0.425. The van der Waals surface area contributed by atoms with Gasteiger partial charge >= 0.3 is 0 Å². The Bertz CT molecular complexity index is 454. The van der Waals surface area contributed by atoms with Crippen LogP contribution in [0.25, 0.3) is 0 Å². The fraction of sp³-hybridized carbons (Fsp3) is 0.200. The van der Waals surface area contributed by atoms with Crippen molar-refractivity contribution in [3.8, 4) is 0 Å². The molecule has 0 aromatic carbocycles. The summed E-state index contributed by atoms with van der Waals surface area (Å²) in [4.78, 5) is 8.17. The SMILES string of the molecule is Cc1nc(Cl)cc(NCc2cccnn2)n1. The Morgan fingerprint density at radius 1 is 1.38 bits per heavy atom. The van der Waals surface area contributed by atoms with Crippen molar-refractivity contribution >= 4 is 17.4 Å². The number of halogens is 1. The average molecular weight is 236 g/mol. The van der Waals surface area contributed by atoms with Gasteiger partial charge in [0.25, 0.3) is 0 Å². The molecule has 0 fully saturated rings. The zero-order valence-corrected chi connectivity index (χ0v) is 9.44. The maximum absolute atomic E-state index is 5.81. The van der Waals surface area contributed by atoms with Gasteiger partial charge in [0.15, 0.2) is 0 Å². The third-order valence-electron chi connectivity index (χ3n) is 1.88. The molecule has 0 aliphatic heterocycles. The lowest BCUT2D eigenvalue weighted by Crippen LogP contribution is -2.05. The number of nitrogens with zero attached hydrogens (tertiary/aromatic N) is 4. The molecule has 2 aromatic heterocycles. The van der Waals surface area contributed by atoms with E-state index in [0.29, 0.717) is 23.3 Å². The van der Waals surface area contributed by atoms with Crippen LogP contribution in [0, 0.1) is 6.92 Å². The summed E-state index contributed by atoms with van der Waals surface area (Å²) in [6.07, 6.45) is 1.63. The maximum atomic E-state index is 5.81. The minimum atomic E-state index is 0.425. The molecular weight excluding hydrogens is 226 g/mol. The number of aromatic nitrogens is 4. The molecule has 2 rings (SSSR count). The van der Waals surface area contributed by atoms with Crippen LogP contribution in [0.5, 0.6) is 0 Å². The van der Waals surface area contributed by atoms with Crippen molar-refractivity contribution in [3.63, 3.8) is 0 Å². The van der Waals surface area contributed by atoms with Crippen LogP contribution in [0.3, 0.4) is 0 Å². The van der Waals surface area contributed by atoms with E-state index in [1.165, 1.54) is 0 Å². The second-order valence-electron chi connectivity index (χ2n) is 3.19. The fourth-order valence-electron chi connectivity index (χ4n) is 1.23. The Morgan fingerprint density at radius 2 is 2.25 bits per heavy atom. The van der Waals surface area contributed by atoms with Crippen LogP contribution in [0.4, 0.5) is 5.82 Å². The lowest BCUT2D eigenvalue weighted by molar-refractivity contribution is 0.915. The topological polar surface area (TPSA) is 63.6 Å². The number of aryl methyl sites for hydroxylation is 1. The lowest BCUT2D eigenvalue weighted by atomic mass is 10.4. The molecular formula is C10H10ClN5. The molecule has 0 atom stereocenters. The Labute approximate surface area is 97.9 Å². The number of hydrogen-bond acceptors (Lipinski definition) is 5. The number of rotatable bonds is 3. The summed E-state index contributed by atoms with van der Waals surface area (Å²) in [6, 6.07) is 5.39. The zero-order valence-electron chi connectivity index (χ0n) is 8.68. The number of nitrogens with one attached hydrogen (secondary N) is 1. The molecule has 2 aromatic rings. The van der Waals surface area contributed by atoms with Gasteiger partial charge in [0.2, 0.25) is 0 Å². The maximum Gasteiger partial charge on any atom is 0.134 e. The van der Waals surface area contributed by atoms with Crippen LogP contribution < -0.4 is 5.32 Å². The molecule has 0 radical (unpaired) electrons. The predicted octanol–water partition coefficient (Wildman–Crippen LogP) is 1.84. The van der Waals surface area contributed by atoms with E-state index in [1.807, 2.05) is 12.1 Å². The van der Waals surface area contributed by atoms with Crippen molar-refractivity contribution in [3.05, 3.63) is 41.1 Å². The molecule has 2 heterocycles. The third kappa shape index (κ3) is 2.87. The van der Waals surface area contributed by atoms with E-state index >= 15 is 0 Å². The van der Waals surface area contributed by atoms with E-state index < -0.39 is 0 Å². The highest BCUT2D eigenvalue weighted by Gasteiger charge is 2.00. The van der Waals surface area contributed by atoms with Gasteiger partial charge in [-0.1, -0.05) is 11.6 Å². The Balaban J connectivity index is 2.05. The van der Waals surface area contributed by atoms with E-state index in [-0.39, 0.29) is 0 Å². The first-order valence-corrected chi connectivity index (χ1v) is 5.13. The van der Waals surface area contributed by atoms with Gasteiger partial charge in [-0.3, -0.25) is 0 Å². The van der Waals surface area contributed by atoms with Crippen molar-refractivity contribution in [2.45, 2.75) is 13.5 Å². The van der Waals surface area contributed by atoms with Crippen LogP contribution in [0.15, 0.2) is 24.4 Å². The molecule has 0 bridgehead atoms. The van der Waals surface area contributed by atoms with Crippen molar-refractivity contribution < 1.29 is 0 Å². The van der Waals surface area contributed by atoms with E-state index in [0.717, 1.165) is 5.69 Å². The predicted molar refractivity (Wildman–Crippen MR) is 61.1 cm³/mol. The fourth-order valence-corrected chi connectivity index (χ4v) is 1.46. The van der Waals surface area contributed by atoms with Gasteiger partial charge in [-0.25, -0.2) is 9.97 Å². The van der Waals surface area contributed by atoms with Gasteiger partial charge in [0, 0.05) is 12.3 Å². The summed E-state index contributed by atoms with van der Waals surface area (Å²) in [5.41, 5.74) is 0.842. The molecule has 82 valence electrons. The van der Waals surface area contributed by atoms with Gasteiger partial charge in [-0.05, 0) is 19.1 Å². The smallest absolute Gasteiger partial charge is 0.134 e.